The lowest BCUT2D eigenvalue weighted by atomic mass is 9.95. The maximum absolute atomic E-state index is 11.1. The molecule has 3 aromatic rings. The average Bonchev–Trinajstić information content (AvgIpc) is 2.83. The molecule has 1 aliphatic rings. The summed E-state index contributed by atoms with van der Waals surface area (Å²) in [6, 6.07) is 25.1. The van der Waals surface area contributed by atoms with Crippen LogP contribution < -0.4 is 4.74 Å². The summed E-state index contributed by atoms with van der Waals surface area (Å²) in [4.78, 5) is 13.6. The first-order valence-electron chi connectivity index (χ1n) is 11.5. The topological polar surface area (TPSA) is 49.8 Å². The molecule has 0 spiro atoms. The second-order valence-corrected chi connectivity index (χ2v) is 8.63. The molecule has 0 saturated carbocycles. The molecule has 0 radical (unpaired) electrons. The number of rotatable bonds is 9. The largest absolute Gasteiger partial charge is 0.489 e. The number of hydrogen-bond donors (Lipinski definition) is 1. The van der Waals surface area contributed by atoms with Gasteiger partial charge in [-0.25, -0.2) is 0 Å². The molecule has 1 N–H and O–H groups in total. The zero-order chi connectivity index (χ0) is 23.0. The minimum Gasteiger partial charge on any atom is -0.489 e. The van der Waals surface area contributed by atoms with E-state index in [1.807, 2.05) is 43.3 Å². The third-order valence-corrected chi connectivity index (χ3v) is 6.17. The van der Waals surface area contributed by atoms with Crippen LogP contribution in [0.1, 0.15) is 47.1 Å². The van der Waals surface area contributed by atoms with E-state index in [9.17, 15) is 4.79 Å². The van der Waals surface area contributed by atoms with Crippen molar-refractivity contribution in [2.45, 2.75) is 45.4 Å². The number of ether oxygens (including phenoxy) is 1. The molecule has 0 aliphatic carbocycles. The molecule has 4 rings (SSSR count). The van der Waals surface area contributed by atoms with Gasteiger partial charge in [0.2, 0.25) is 0 Å². The highest BCUT2D eigenvalue weighted by Crippen LogP contribution is 2.25. The van der Waals surface area contributed by atoms with Gasteiger partial charge >= 0.3 is 5.97 Å². The molecular formula is C29H31NO3. The van der Waals surface area contributed by atoms with E-state index in [1.54, 1.807) is 0 Å². The highest BCUT2D eigenvalue weighted by Gasteiger charge is 2.16. The Labute approximate surface area is 196 Å². The average molecular weight is 442 g/mol. The molecule has 0 fully saturated rings. The van der Waals surface area contributed by atoms with Gasteiger partial charge in [-0.1, -0.05) is 72.8 Å². The van der Waals surface area contributed by atoms with Crippen molar-refractivity contribution in [3.05, 3.63) is 113 Å². The number of carboxylic acid groups (broad SMARTS) is 1. The van der Waals surface area contributed by atoms with Crippen LogP contribution in [0, 0.1) is 0 Å². The van der Waals surface area contributed by atoms with Gasteiger partial charge in [-0.3, -0.25) is 9.69 Å². The van der Waals surface area contributed by atoms with E-state index in [-0.39, 0.29) is 12.3 Å². The number of nitrogens with zero attached hydrogens (tertiary/aromatic N) is 1. The molecule has 33 heavy (non-hydrogen) atoms. The lowest BCUT2D eigenvalue weighted by molar-refractivity contribution is -0.137. The molecule has 0 saturated heterocycles. The zero-order valence-electron chi connectivity index (χ0n) is 19.1. The van der Waals surface area contributed by atoms with E-state index in [0.717, 1.165) is 42.9 Å². The number of hydrogen-bond acceptors (Lipinski definition) is 3. The Morgan fingerprint density at radius 3 is 2.39 bits per heavy atom. The van der Waals surface area contributed by atoms with Crippen molar-refractivity contribution in [3.63, 3.8) is 0 Å². The smallest absolute Gasteiger partial charge is 0.304 e. The Balaban J connectivity index is 1.29. The Kier molecular flexibility index (Phi) is 7.59. The summed E-state index contributed by atoms with van der Waals surface area (Å²) < 4.78 is 5.95. The van der Waals surface area contributed by atoms with Gasteiger partial charge in [0.05, 0.1) is 6.42 Å². The fourth-order valence-corrected chi connectivity index (χ4v) is 4.38. The van der Waals surface area contributed by atoms with Gasteiger partial charge in [-0.15, -0.1) is 0 Å². The van der Waals surface area contributed by atoms with Crippen LogP contribution in [0.25, 0.3) is 0 Å². The number of aliphatic carboxylic acids is 1. The van der Waals surface area contributed by atoms with Gasteiger partial charge in [0.15, 0.2) is 0 Å². The van der Waals surface area contributed by atoms with Gasteiger partial charge in [0, 0.05) is 25.6 Å². The zero-order valence-corrected chi connectivity index (χ0v) is 19.1. The Morgan fingerprint density at radius 2 is 1.70 bits per heavy atom. The van der Waals surface area contributed by atoms with Crippen molar-refractivity contribution in [3.8, 4) is 5.75 Å². The normalized spacial score (nSPS) is 14.7. The first-order valence-corrected chi connectivity index (χ1v) is 11.5. The lowest BCUT2D eigenvalue weighted by Gasteiger charge is -2.28. The van der Waals surface area contributed by atoms with E-state index in [1.165, 1.54) is 16.7 Å². The summed E-state index contributed by atoms with van der Waals surface area (Å²) in [6.07, 6.45) is 5.02. The van der Waals surface area contributed by atoms with Crippen LogP contribution in [0.5, 0.6) is 5.75 Å². The summed E-state index contributed by atoms with van der Waals surface area (Å²) in [5.41, 5.74) is 6.35. The highest BCUT2D eigenvalue weighted by atomic mass is 16.5. The minimum atomic E-state index is -0.799. The first kappa shape index (κ1) is 22.8. The van der Waals surface area contributed by atoms with E-state index >= 15 is 0 Å². The Bertz CT molecular complexity index is 1090. The second kappa shape index (κ2) is 11.0. The van der Waals surface area contributed by atoms with E-state index < -0.39 is 5.97 Å². The Hall–Kier alpha value is -3.37. The van der Waals surface area contributed by atoms with Crippen LogP contribution in [0.4, 0.5) is 0 Å². The van der Waals surface area contributed by atoms with E-state index in [0.29, 0.717) is 6.61 Å². The van der Waals surface area contributed by atoms with Gasteiger partial charge in [-0.05, 0) is 53.3 Å². The van der Waals surface area contributed by atoms with Gasteiger partial charge in [0.25, 0.3) is 0 Å². The number of carbonyl (C=O) groups is 1. The summed E-state index contributed by atoms with van der Waals surface area (Å²) in [5, 5.41) is 9.13. The summed E-state index contributed by atoms with van der Waals surface area (Å²) >= 11 is 0. The standard InChI is InChI=1S/C29H31NO3/c1-2-5-26(18-29(31)32)25-12-14-28(15-13-25)33-21-23-10-8-22(9-11-23)19-30-17-16-24-6-3-4-7-27(24)20-30/h2-15,26H,16-21H2,1H3,(H,31,32). The second-order valence-electron chi connectivity index (χ2n) is 8.63. The first-order chi connectivity index (χ1) is 16.1. The summed E-state index contributed by atoms with van der Waals surface area (Å²) in [7, 11) is 0. The molecule has 1 unspecified atom stereocenters. The van der Waals surface area contributed by atoms with Crippen LogP contribution in [0.2, 0.25) is 0 Å². The fourth-order valence-electron chi connectivity index (χ4n) is 4.38. The SMILES string of the molecule is CC=CC(CC(=O)O)c1ccc(OCc2ccc(CN3CCc4ccccc4C3)cc2)cc1. The van der Waals surface area contributed by atoms with Crippen LogP contribution >= 0.6 is 0 Å². The van der Waals surface area contributed by atoms with Crippen molar-refractivity contribution >= 4 is 5.97 Å². The minimum absolute atomic E-state index is 0.0842. The van der Waals surface area contributed by atoms with Gasteiger partial charge in [-0.2, -0.15) is 0 Å². The molecule has 1 atom stereocenters. The Morgan fingerprint density at radius 1 is 1.00 bits per heavy atom. The van der Waals surface area contributed by atoms with Crippen LogP contribution in [0.3, 0.4) is 0 Å². The maximum atomic E-state index is 11.1. The molecule has 0 aromatic heterocycles. The quantitative estimate of drug-likeness (QED) is 0.416. The number of allylic oxidation sites excluding steroid dienone is 2. The fraction of sp³-hybridized carbons (Fsp3) is 0.276. The van der Waals surface area contributed by atoms with Crippen molar-refractivity contribution in [2.24, 2.45) is 0 Å². The van der Waals surface area contributed by atoms with Gasteiger partial charge < -0.3 is 9.84 Å². The maximum Gasteiger partial charge on any atom is 0.304 e. The predicted octanol–water partition coefficient (Wildman–Crippen LogP) is 5.96. The predicted molar refractivity (Wildman–Crippen MR) is 131 cm³/mol. The monoisotopic (exact) mass is 441 g/mol. The third kappa shape index (κ3) is 6.33. The van der Waals surface area contributed by atoms with Crippen LogP contribution in [0.15, 0.2) is 84.9 Å². The molecule has 3 aromatic carbocycles. The number of fused-ring (bicyclic) bond motifs is 1. The molecule has 1 aliphatic heterocycles. The number of benzene rings is 3. The molecule has 4 nitrogen and oxygen atoms in total. The van der Waals surface area contributed by atoms with Crippen LogP contribution in [-0.2, 0) is 30.9 Å². The summed E-state index contributed by atoms with van der Waals surface area (Å²) in [5.74, 6) is -0.140. The highest BCUT2D eigenvalue weighted by molar-refractivity contribution is 5.68. The molecule has 0 amide bonds. The van der Waals surface area contributed by atoms with E-state index in [4.69, 9.17) is 9.84 Å². The third-order valence-electron chi connectivity index (χ3n) is 6.17. The molecule has 4 heteroatoms. The summed E-state index contributed by atoms with van der Waals surface area (Å²) in [6.45, 7) is 5.48. The molecule has 0 bridgehead atoms. The van der Waals surface area contributed by atoms with E-state index in [2.05, 4.69) is 53.4 Å². The number of carboxylic acids is 1. The van der Waals surface area contributed by atoms with Crippen molar-refractivity contribution in [1.29, 1.82) is 0 Å². The lowest BCUT2D eigenvalue weighted by Crippen LogP contribution is -2.29. The van der Waals surface area contributed by atoms with Crippen LogP contribution in [-0.4, -0.2) is 22.5 Å². The van der Waals surface area contributed by atoms with Crippen molar-refractivity contribution < 1.29 is 14.6 Å². The molecule has 1 heterocycles. The molecular weight excluding hydrogens is 410 g/mol. The van der Waals surface area contributed by atoms with Crippen molar-refractivity contribution in [2.75, 3.05) is 6.54 Å². The van der Waals surface area contributed by atoms with Crippen molar-refractivity contribution in [1.82, 2.24) is 4.90 Å². The van der Waals surface area contributed by atoms with Gasteiger partial charge in [0.1, 0.15) is 12.4 Å². The molecule has 170 valence electrons.